The molecular formula is C18H33NO3. The lowest BCUT2D eigenvalue weighted by atomic mass is 10.1. The zero-order chi connectivity index (χ0) is 16.2. The van der Waals surface area contributed by atoms with Crippen LogP contribution >= 0.6 is 0 Å². The number of nitrogens with zero attached hydrogens (tertiary/aromatic N) is 1. The Bertz CT molecular complexity index is 330. The van der Waals surface area contributed by atoms with Gasteiger partial charge in [0.15, 0.2) is 0 Å². The molecule has 0 aromatic carbocycles. The molecule has 1 saturated heterocycles. The average molecular weight is 311 g/mol. The van der Waals surface area contributed by atoms with Crippen molar-refractivity contribution in [1.82, 2.24) is 4.90 Å². The zero-order valence-electron chi connectivity index (χ0n) is 14.4. The second-order valence-electron chi connectivity index (χ2n) is 6.37. The molecule has 4 heteroatoms. The van der Waals surface area contributed by atoms with E-state index in [-0.39, 0.29) is 17.9 Å². The molecule has 22 heavy (non-hydrogen) atoms. The molecule has 1 aliphatic rings. The SMILES string of the molecule is CCCCCCCCCCCOC(=O)[C@H]1CCCN1C(C)=O. The van der Waals surface area contributed by atoms with Crippen molar-refractivity contribution < 1.29 is 14.3 Å². The summed E-state index contributed by atoms with van der Waals surface area (Å²) in [7, 11) is 0. The van der Waals surface area contributed by atoms with Gasteiger partial charge < -0.3 is 9.64 Å². The number of likely N-dealkylation sites (tertiary alicyclic amines) is 1. The van der Waals surface area contributed by atoms with E-state index in [9.17, 15) is 9.59 Å². The maximum Gasteiger partial charge on any atom is 0.328 e. The van der Waals surface area contributed by atoms with Crippen LogP contribution in [0.1, 0.15) is 84.5 Å². The van der Waals surface area contributed by atoms with Crippen molar-refractivity contribution in [1.29, 1.82) is 0 Å². The third kappa shape index (κ3) is 7.28. The minimum absolute atomic E-state index is 0.0254. The van der Waals surface area contributed by atoms with Crippen LogP contribution in [0.5, 0.6) is 0 Å². The number of hydrogen-bond acceptors (Lipinski definition) is 3. The number of ether oxygens (including phenoxy) is 1. The van der Waals surface area contributed by atoms with Gasteiger partial charge in [0.25, 0.3) is 0 Å². The van der Waals surface area contributed by atoms with Gasteiger partial charge in [0.1, 0.15) is 6.04 Å². The fraction of sp³-hybridized carbons (Fsp3) is 0.889. The lowest BCUT2D eigenvalue weighted by Gasteiger charge is -2.21. The van der Waals surface area contributed by atoms with Gasteiger partial charge in [-0.25, -0.2) is 4.79 Å². The van der Waals surface area contributed by atoms with E-state index in [2.05, 4.69) is 6.92 Å². The summed E-state index contributed by atoms with van der Waals surface area (Å²) in [6.45, 7) is 4.94. The second kappa shape index (κ2) is 11.5. The van der Waals surface area contributed by atoms with Gasteiger partial charge in [0.05, 0.1) is 6.61 Å². The second-order valence-corrected chi connectivity index (χ2v) is 6.37. The van der Waals surface area contributed by atoms with Gasteiger partial charge in [0, 0.05) is 13.5 Å². The highest BCUT2D eigenvalue weighted by atomic mass is 16.5. The monoisotopic (exact) mass is 311 g/mol. The summed E-state index contributed by atoms with van der Waals surface area (Å²) in [4.78, 5) is 25.0. The molecule has 128 valence electrons. The first-order chi connectivity index (χ1) is 10.7. The molecule has 1 heterocycles. The summed E-state index contributed by atoms with van der Waals surface area (Å²) >= 11 is 0. The highest BCUT2D eigenvalue weighted by Crippen LogP contribution is 2.18. The molecule has 0 radical (unpaired) electrons. The first-order valence-corrected chi connectivity index (χ1v) is 9.10. The molecule has 1 aliphatic heterocycles. The predicted molar refractivity (Wildman–Crippen MR) is 88.6 cm³/mol. The topological polar surface area (TPSA) is 46.6 Å². The van der Waals surface area contributed by atoms with Crippen LogP contribution in [-0.4, -0.2) is 36.0 Å². The summed E-state index contributed by atoms with van der Waals surface area (Å²) in [5.74, 6) is -0.241. The van der Waals surface area contributed by atoms with E-state index in [1.165, 1.54) is 51.9 Å². The van der Waals surface area contributed by atoms with Gasteiger partial charge in [-0.3, -0.25) is 4.79 Å². The Labute approximate surface area is 135 Å². The van der Waals surface area contributed by atoms with Crippen LogP contribution < -0.4 is 0 Å². The van der Waals surface area contributed by atoms with Crippen molar-refractivity contribution in [3.05, 3.63) is 0 Å². The Morgan fingerprint density at radius 1 is 1.00 bits per heavy atom. The molecule has 1 atom stereocenters. The Morgan fingerprint density at radius 3 is 2.18 bits per heavy atom. The quantitative estimate of drug-likeness (QED) is 0.427. The normalized spacial score (nSPS) is 17.7. The van der Waals surface area contributed by atoms with E-state index in [1.54, 1.807) is 4.90 Å². The number of carbonyl (C=O) groups is 2. The Balaban J connectivity index is 1.98. The molecule has 0 bridgehead atoms. The van der Waals surface area contributed by atoms with Crippen molar-refractivity contribution >= 4 is 11.9 Å². The molecule has 0 unspecified atom stereocenters. The first kappa shape index (κ1) is 19.0. The fourth-order valence-corrected chi connectivity index (χ4v) is 3.07. The average Bonchev–Trinajstić information content (AvgIpc) is 2.99. The van der Waals surface area contributed by atoms with Gasteiger partial charge in [0.2, 0.25) is 5.91 Å². The summed E-state index contributed by atoms with van der Waals surface area (Å²) in [6.07, 6.45) is 12.9. The highest BCUT2D eigenvalue weighted by molar-refractivity contribution is 5.83. The van der Waals surface area contributed by atoms with E-state index in [4.69, 9.17) is 4.74 Å². The summed E-state index contributed by atoms with van der Waals surface area (Å²) in [5.41, 5.74) is 0. The van der Waals surface area contributed by atoms with Gasteiger partial charge in [-0.2, -0.15) is 0 Å². The van der Waals surface area contributed by atoms with Crippen LogP contribution in [0.4, 0.5) is 0 Å². The summed E-state index contributed by atoms with van der Waals surface area (Å²) < 4.78 is 5.33. The zero-order valence-corrected chi connectivity index (χ0v) is 14.4. The van der Waals surface area contributed by atoms with Crippen molar-refractivity contribution in [2.45, 2.75) is 90.5 Å². The smallest absolute Gasteiger partial charge is 0.328 e. The van der Waals surface area contributed by atoms with Crippen molar-refractivity contribution in [3.8, 4) is 0 Å². The minimum Gasteiger partial charge on any atom is -0.464 e. The maximum atomic E-state index is 12.0. The molecule has 0 spiro atoms. The largest absolute Gasteiger partial charge is 0.464 e. The molecule has 4 nitrogen and oxygen atoms in total. The van der Waals surface area contributed by atoms with E-state index >= 15 is 0 Å². The molecule has 1 amide bonds. The van der Waals surface area contributed by atoms with Crippen LogP contribution in [0.3, 0.4) is 0 Å². The van der Waals surface area contributed by atoms with Gasteiger partial charge in [-0.05, 0) is 19.3 Å². The van der Waals surface area contributed by atoms with Crippen LogP contribution in [0.15, 0.2) is 0 Å². The Morgan fingerprint density at radius 2 is 1.59 bits per heavy atom. The number of carbonyl (C=O) groups excluding carboxylic acids is 2. The fourth-order valence-electron chi connectivity index (χ4n) is 3.07. The van der Waals surface area contributed by atoms with Crippen LogP contribution in [-0.2, 0) is 14.3 Å². The van der Waals surface area contributed by atoms with E-state index in [0.29, 0.717) is 13.2 Å². The van der Waals surface area contributed by atoms with Gasteiger partial charge in [-0.15, -0.1) is 0 Å². The van der Waals surface area contributed by atoms with E-state index < -0.39 is 0 Å². The van der Waals surface area contributed by atoms with Crippen molar-refractivity contribution in [2.75, 3.05) is 13.2 Å². The molecule has 1 fully saturated rings. The van der Waals surface area contributed by atoms with Gasteiger partial charge in [-0.1, -0.05) is 58.3 Å². The lowest BCUT2D eigenvalue weighted by Crippen LogP contribution is -2.40. The van der Waals surface area contributed by atoms with Crippen LogP contribution in [0.2, 0.25) is 0 Å². The summed E-state index contributed by atoms with van der Waals surface area (Å²) in [5, 5.41) is 0. The third-order valence-corrected chi connectivity index (χ3v) is 4.42. The third-order valence-electron chi connectivity index (χ3n) is 4.42. The number of unbranched alkanes of at least 4 members (excludes halogenated alkanes) is 8. The Kier molecular flexibility index (Phi) is 9.93. The number of hydrogen-bond donors (Lipinski definition) is 0. The predicted octanol–water partition coefficient (Wildman–Crippen LogP) is 4.07. The number of esters is 1. The minimum atomic E-state index is -0.337. The van der Waals surface area contributed by atoms with Crippen LogP contribution in [0, 0.1) is 0 Å². The standard InChI is InChI=1S/C18H33NO3/c1-3-4-5-6-7-8-9-10-11-15-22-18(21)17-13-12-14-19(17)16(2)20/h17H,3-15H2,1-2H3/t17-/m1/s1. The maximum absolute atomic E-state index is 12.0. The van der Waals surface area contributed by atoms with E-state index in [1.807, 2.05) is 0 Å². The van der Waals surface area contributed by atoms with Crippen molar-refractivity contribution in [3.63, 3.8) is 0 Å². The molecule has 0 N–H and O–H groups in total. The molecular weight excluding hydrogens is 278 g/mol. The Hall–Kier alpha value is -1.06. The van der Waals surface area contributed by atoms with Crippen LogP contribution in [0.25, 0.3) is 0 Å². The summed E-state index contributed by atoms with van der Waals surface area (Å²) in [6, 6.07) is -0.337. The van der Waals surface area contributed by atoms with Crippen molar-refractivity contribution in [2.24, 2.45) is 0 Å². The molecule has 1 rings (SSSR count). The van der Waals surface area contributed by atoms with Gasteiger partial charge >= 0.3 is 5.97 Å². The molecule has 0 saturated carbocycles. The molecule has 0 aromatic heterocycles. The highest BCUT2D eigenvalue weighted by Gasteiger charge is 2.33. The molecule has 0 aromatic rings. The van der Waals surface area contributed by atoms with E-state index in [0.717, 1.165) is 25.7 Å². The lowest BCUT2D eigenvalue weighted by molar-refractivity contribution is -0.153. The first-order valence-electron chi connectivity index (χ1n) is 9.10. The number of rotatable bonds is 11. The molecule has 0 aliphatic carbocycles. The number of amides is 1.